The molecule has 2 aromatic heterocycles. The van der Waals surface area contributed by atoms with E-state index in [9.17, 15) is 4.79 Å². The van der Waals surface area contributed by atoms with E-state index in [1.54, 1.807) is 12.3 Å². The largest absolute Gasteiger partial charge is 0.337 e. The minimum absolute atomic E-state index is 0.0660. The van der Waals surface area contributed by atoms with Crippen molar-refractivity contribution in [3.8, 4) is 0 Å². The SMILES string of the molecule is O=C(c1ccccn1)N1CC2CN(Cc3ccccn3)CC2C1. The van der Waals surface area contributed by atoms with Gasteiger partial charge in [-0.1, -0.05) is 12.1 Å². The van der Waals surface area contributed by atoms with Crippen LogP contribution in [0.1, 0.15) is 16.2 Å². The second-order valence-corrected chi connectivity index (χ2v) is 6.46. The Morgan fingerprint density at radius 2 is 1.65 bits per heavy atom. The van der Waals surface area contributed by atoms with Gasteiger partial charge < -0.3 is 4.90 Å². The molecule has 0 aromatic carbocycles. The number of hydrogen-bond donors (Lipinski definition) is 0. The molecule has 118 valence electrons. The Labute approximate surface area is 136 Å². The molecule has 4 rings (SSSR count). The lowest BCUT2D eigenvalue weighted by atomic mass is 10.0. The van der Waals surface area contributed by atoms with Gasteiger partial charge in [0.2, 0.25) is 0 Å². The summed E-state index contributed by atoms with van der Waals surface area (Å²) in [5, 5.41) is 0. The van der Waals surface area contributed by atoms with Crippen LogP contribution < -0.4 is 0 Å². The highest BCUT2D eigenvalue weighted by molar-refractivity contribution is 5.92. The number of hydrogen-bond acceptors (Lipinski definition) is 4. The summed E-state index contributed by atoms with van der Waals surface area (Å²) in [4.78, 5) is 25.5. The number of aromatic nitrogens is 2. The predicted molar refractivity (Wildman–Crippen MR) is 86.6 cm³/mol. The van der Waals surface area contributed by atoms with Crippen LogP contribution in [0.25, 0.3) is 0 Å². The van der Waals surface area contributed by atoms with Gasteiger partial charge in [0.15, 0.2) is 0 Å². The van der Waals surface area contributed by atoms with E-state index >= 15 is 0 Å². The molecule has 2 aliphatic heterocycles. The summed E-state index contributed by atoms with van der Waals surface area (Å²) >= 11 is 0. The fraction of sp³-hybridized carbons (Fsp3) is 0.389. The summed E-state index contributed by atoms with van der Waals surface area (Å²) in [7, 11) is 0. The first-order valence-electron chi connectivity index (χ1n) is 8.12. The van der Waals surface area contributed by atoms with Crippen LogP contribution in [0.5, 0.6) is 0 Å². The Balaban J connectivity index is 1.36. The fourth-order valence-corrected chi connectivity index (χ4v) is 3.76. The third kappa shape index (κ3) is 2.97. The highest BCUT2D eigenvalue weighted by Crippen LogP contribution is 2.32. The first kappa shape index (κ1) is 14.3. The lowest BCUT2D eigenvalue weighted by molar-refractivity contribution is 0.0767. The third-order valence-electron chi connectivity index (χ3n) is 4.84. The van der Waals surface area contributed by atoms with Gasteiger partial charge in [0, 0.05) is 45.1 Å². The zero-order valence-corrected chi connectivity index (χ0v) is 13.0. The van der Waals surface area contributed by atoms with Gasteiger partial charge in [0.25, 0.3) is 5.91 Å². The molecule has 0 aliphatic carbocycles. The van der Waals surface area contributed by atoms with Gasteiger partial charge >= 0.3 is 0 Å². The number of fused-ring (bicyclic) bond motifs is 1. The number of pyridine rings is 2. The number of nitrogens with zero attached hydrogens (tertiary/aromatic N) is 4. The first-order valence-corrected chi connectivity index (χ1v) is 8.12. The van der Waals surface area contributed by atoms with Gasteiger partial charge in [0.05, 0.1) is 5.69 Å². The number of carbonyl (C=O) groups is 1. The molecule has 5 heteroatoms. The lowest BCUT2D eigenvalue weighted by Crippen LogP contribution is -2.33. The zero-order chi connectivity index (χ0) is 15.6. The summed E-state index contributed by atoms with van der Waals surface area (Å²) in [6, 6.07) is 11.6. The molecule has 0 spiro atoms. The van der Waals surface area contributed by atoms with E-state index in [1.165, 1.54) is 0 Å². The number of carbonyl (C=O) groups excluding carboxylic acids is 1. The molecule has 2 atom stereocenters. The van der Waals surface area contributed by atoms with E-state index in [2.05, 4.69) is 20.9 Å². The van der Waals surface area contributed by atoms with E-state index in [0.29, 0.717) is 17.5 Å². The maximum absolute atomic E-state index is 12.5. The predicted octanol–water partition coefficient (Wildman–Crippen LogP) is 1.68. The maximum atomic E-state index is 12.5. The molecule has 0 radical (unpaired) electrons. The molecule has 23 heavy (non-hydrogen) atoms. The number of amides is 1. The van der Waals surface area contributed by atoms with Crippen LogP contribution in [0, 0.1) is 11.8 Å². The third-order valence-corrected chi connectivity index (χ3v) is 4.84. The van der Waals surface area contributed by atoms with Crippen LogP contribution in [-0.4, -0.2) is 51.9 Å². The van der Waals surface area contributed by atoms with Crippen molar-refractivity contribution in [3.63, 3.8) is 0 Å². The van der Waals surface area contributed by atoms with Crippen molar-refractivity contribution >= 4 is 5.91 Å². The van der Waals surface area contributed by atoms with Crippen LogP contribution in [-0.2, 0) is 6.54 Å². The van der Waals surface area contributed by atoms with Crippen molar-refractivity contribution in [2.45, 2.75) is 6.54 Å². The summed E-state index contributed by atoms with van der Waals surface area (Å²) in [5.74, 6) is 1.22. The molecule has 1 amide bonds. The molecule has 2 aromatic rings. The summed E-state index contributed by atoms with van der Waals surface area (Å²) in [6.07, 6.45) is 3.53. The van der Waals surface area contributed by atoms with Crippen molar-refractivity contribution in [1.82, 2.24) is 19.8 Å². The molecule has 2 aliphatic rings. The average Bonchev–Trinajstić information content (AvgIpc) is 3.14. The van der Waals surface area contributed by atoms with Gasteiger partial charge in [-0.25, -0.2) is 0 Å². The van der Waals surface area contributed by atoms with Crippen molar-refractivity contribution in [1.29, 1.82) is 0 Å². The standard InChI is InChI=1S/C18H20N4O/c23-18(17-6-2-4-8-20-17)22-11-14-9-21(10-15(14)12-22)13-16-5-1-3-7-19-16/h1-8,14-15H,9-13H2. The van der Waals surface area contributed by atoms with E-state index in [0.717, 1.165) is 38.4 Å². The number of likely N-dealkylation sites (tertiary alicyclic amines) is 2. The maximum Gasteiger partial charge on any atom is 0.272 e. The molecule has 0 bridgehead atoms. The van der Waals surface area contributed by atoms with E-state index in [1.807, 2.05) is 35.4 Å². The summed E-state index contributed by atoms with van der Waals surface area (Å²) in [5.41, 5.74) is 1.67. The molecular weight excluding hydrogens is 288 g/mol. The van der Waals surface area contributed by atoms with Crippen LogP contribution in [0.15, 0.2) is 48.8 Å². The second kappa shape index (κ2) is 6.08. The van der Waals surface area contributed by atoms with Gasteiger partial charge in [-0.2, -0.15) is 0 Å². The van der Waals surface area contributed by atoms with Crippen molar-refractivity contribution in [2.75, 3.05) is 26.2 Å². The van der Waals surface area contributed by atoms with Gasteiger partial charge in [-0.3, -0.25) is 19.7 Å². The topological polar surface area (TPSA) is 49.3 Å². The second-order valence-electron chi connectivity index (χ2n) is 6.46. The monoisotopic (exact) mass is 308 g/mol. The Bertz CT molecular complexity index is 662. The minimum atomic E-state index is 0.0660. The fourth-order valence-electron chi connectivity index (χ4n) is 3.76. The Morgan fingerprint density at radius 1 is 0.957 bits per heavy atom. The summed E-state index contributed by atoms with van der Waals surface area (Å²) in [6.45, 7) is 4.69. The summed E-state index contributed by atoms with van der Waals surface area (Å²) < 4.78 is 0. The van der Waals surface area contributed by atoms with Gasteiger partial charge in [0.1, 0.15) is 5.69 Å². The van der Waals surface area contributed by atoms with Crippen molar-refractivity contribution < 1.29 is 4.79 Å². The highest BCUT2D eigenvalue weighted by atomic mass is 16.2. The quantitative estimate of drug-likeness (QED) is 0.865. The van der Waals surface area contributed by atoms with Crippen LogP contribution in [0.4, 0.5) is 0 Å². The van der Waals surface area contributed by atoms with Gasteiger partial charge in [-0.15, -0.1) is 0 Å². The molecule has 0 saturated carbocycles. The Morgan fingerprint density at radius 3 is 2.26 bits per heavy atom. The normalized spacial score (nSPS) is 23.9. The number of rotatable bonds is 3. The van der Waals surface area contributed by atoms with E-state index < -0.39 is 0 Å². The van der Waals surface area contributed by atoms with Crippen molar-refractivity contribution in [3.05, 3.63) is 60.2 Å². The lowest BCUT2D eigenvalue weighted by Gasteiger charge is -2.21. The molecule has 2 saturated heterocycles. The molecular formula is C18H20N4O. The minimum Gasteiger partial charge on any atom is -0.337 e. The first-order chi connectivity index (χ1) is 11.3. The van der Waals surface area contributed by atoms with E-state index in [-0.39, 0.29) is 5.91 Å². The smallest absolute Gasteiger partial charge is 0.272 e. The van der Waals surface area contributed by atoms with Gasteiger partial charge in [-0.05, 0) is 36.1 Å². The van der Waals surface area contributed by atoms with Crippen molar-refractivity contribution in [2.24, 2.45) is 11.8 Å². The molecule has 2 fully saturated rings. The zero-order valence-electron chi connectivity index (χ0n) is 13.0. The highest BCUT2D eigenvalue weighted by Gasteiger charge is 2.41. The Hall–Kier alpha value is -2.27. The molecule has 4 heterocycles. The Kier molecular flexibility index (Phi) is 3.79. The molecule has 5 nitrogen and oxygen atoms in total. The van der Waals surface area contributed by atoms with Crippen LogP contribution in [0.2, 0.25) is 0 Å². The van der Waals surface area contributed by atoms with Crippen LogP contribution in [0.3, 0.4) is 0 Å². The van der Waals surface area contributed by atoms with Crippen LogP contribution >= 0.6 is 0 Å². The average molecular weight is 308 g/mol. The molecule has 0 N–H and O–H groups in total. The molecule has 2 unspecified atom stereocenters. The van der Waals surface area contributed by atoms with E-state index in [4.69, 9.17) is 0 Å².